The summed E-state index contributed by atoms with van der Waals surface area (Å²) in [5, 5.41) is 13.5. The van der Waals surface area contributed by atoms with Crippen LogP contribution in [0.1, 0.15) is 10.5 Å². The Morgan fingerprint density at radius 3 is 2.74 bits per heavy atom. The van der Waals surface area contributed by atoms with Crippen molar-refractivity contribution >= 4 is 22.6 Å². The standard InChI is InChI=1S/C14H15N3O2/c18-14(19)12-9-13(17-7-5-15-6-8-17)10-3-1-2-4-11(10)16-12/h1-4,9,15H,5-8H2,(H,18,19). The molecule has 1 fully saturated rings. The minimum absolute atomic E-state index is 0.104. The molecule has 5 nitrogen and oxygen atoms in total. The van der Waals surface area contributed by atoms with E-state index in [9.17, 15) is 9.90 Å². The number of fused-ring (bicyclic) bond motifs is 1. The molecule has 19 heavy (non-hydrogen) atoms. The number of rotatable bonds is 2. The number of carboxylic acid groups (broad SMARTS) is 1. The van der Waals surface area contributed by atoms with E-state index in [2.05, 4.69) is 15.2 Å². The number of para-hydroxylation sites is 1. The molecule has 2 N–H and O–H groups in total. The molecular formula is C14H15N3O2. The highest BCUT2D eigenvalue weighted by Crippen LogP contribution is 2.27. The molecule has 0 saturated carbocycles. The molecule has 0 unspecified atom stereocenters. The molecule has 0 bridgehead atoms. The summed E-state index contributed by atoms with van der Waals surface area (Å²) in [4.78, 5) is 17.6. The van der Waals surface area contributed by atoms with Crippen LogP contribution >= 0.6 is 0 Å². The number of anilines is 1. The Morgan fingerprint density at radius 2 is 2.00 bits per heavy atom. The second kappa shape index (κ2) is 4.85. The third kappa shape index (κ3) is 2.24. The van der Waals surface area contributed by atoms with Crippen LogP contribution in [-0.2, 0) is 0 Å². The van der Waals surface area contributed by atoms with Crippen LogP contribution in [0.2, 0.25) is 0 Å². The van der Waals surface area contributed by atoms with Gasteiger partial charge in [-0.25, -0.2) is 9.78 Å². The Bertz CT molecular complexity index is 621. The van der Waals surface area contributed by atoms with E-state index in [4.69, 9.17) is 0 Å². The van der Waals surface area contributed by atoms with Gasteiger partial charge in [-0.1, -0.05) is 18.2 Å². The van der Waals surface area contributed by atoms with Crippen LogP contribution in [0.3, 0.4) is 0 Å². The summed E-state index contributed by atoms with van der Waals surface area (Å²) < 4.78 is 0. The molecule has 98 valence electrons. The molecule has 1 aromatic carbocycles. The second-order valence-electron chi connectivity index (χ2n) is 4.59. The van der Waals surface area contributed by atoms with Gasteiger partial charge in [0.05, 0.1) is 5.52 Å². The second-order valence-corrected chi connectivity index (χ2v) is 4.59. The number of carbonyl (C=O) groups is 1. The van der Waals surface area contributed by atoms with Crippen molar-refractivity contribution in [1.82, 2.24) is 10.3 Å². The van der Waals surface area contributed by atoms with Gasteiger partial charge >= 0.3 is 5.97 Å². The lowest BCUT2D eigenvalue weighted by molar-refractivity contribution is 0.0691. The number of nitrogens with zero attached hydrogens (tertiary/aromatic N) is 2. The van der Waals surface area contributed by atoms with Gasteiger partial charge < -0.3 is 15.3 Å². The van der Waals surface area contributed by atoms with E-state index in [0.717, 1.165) is 42.8 Å². The van der Waals surface area contributed by atoms with E-state index in [1.165, 1.54) is 0 Å². The third-order valence-electron chi connectivity index (χ3n) is 3.37. The number of carboxylic acids is 1. The summed E-state index contributed by atoms with van der Waals surface area (Å²) >= 11 is 0. The highest BCUT2D eigenvalue weighted by atomic mass is 16.4. The highest BCUT2D eigenvalue weighted by molar-refractivity contribution is 5.97. The van der Waals surface area contributed by atoms with Crippen molar-refractivity contribution < 1.29 is 9.90 Å². The van der Waals surface area contributed by atoms with Crippen LogP contribution in [0.5, 0.6) is 0 Å². The van der Waals surface area contributed by atoms with Crippen LogP contribution in [0.15, 0.2) is 30.3 Å². The molecule has 0 atom stereocenters. The molecule has 0 aliphatic carbocycles. The number of nitrogens with one attached hydrogen (secondary N) is 1. The highest BCUT2D eigenvalue weighted by Gasteiger charge is 2.17. The Morgan fingerprint density at radius 1 is 1.26 bits per heavy atom. The van der Waals surface area contributed by atoms with Crippen molar-refractivity contribution in [3.8, 4) is 0 Å². The maximum Gasteiger partial charge on any atom is 0.354 e. The van der Waals surface area contributed by atoms with Gasteiger partial charge in [-0.3, -0.25) is 0 Å². The fourth-order valence-electron chi connectivity index (χ4n) is 2.43. The number of piperazine rings is 1. The van der Waals surface area contributed by atoms with E-state index in [0.29, 0.717) is 0 Å². The number of pyridine rings is 1. The van der Waals surface area contributed by atoms with Gasteiger partial charge in [-0.2, -0.15) is 0 Å². The first-order valence-corrected chi connectivity index (χ1v) is 6.34. The van der Waals surface area contributed by atoms with E-state index in [1.807, 2.05) is 24.3 Å². The Kier molecular flexibility index (Phi) is 3.05. The average Bonchev–Trinajstić information content (AvgIpc) is 2.47. The first-order chi connectivity index (χ1) is 9.25. The SMILES string of the molecule is O=C(O)c1cc(N2CCNCC2)c2ccccc2n1. The van der Waals surface area contributed by atoms with Crippen LogP contribution in [0.25, 0.3) is 10.9 Å². The number of hydrogen-bond donors (Lipinski definition) is 2. The smallest absolute Gasteiger partial charge is 0.354 e. The van der Waals surface area contributed by atoms with Gasteiger partial charge in [0.2, 0.25) is 0 Å². The lowest BCUT2D eigenvalue weighted by atomic mass is 10.1. The first kappa shape index (κ1) is 11.9. The van der Waals surface area contributed by atoms with Crippen molar-refractivity contribution in [2.75, 3.05) is 31.1 Å². The summed E-state index contributed by atoms with van der Waals surface area (Å²) in [6.45, 7) is 3.60. The minimum Gasteiger partial charge on any atom is -0.477 e. The summed E-state index contributed by atoms with van der Waals surface area (Å²) in [6.07, 6.45) is 0. The molecule has 1 saturated heterocycles. The number of benzene rings is 1. The van der Waals surface area contributed by atoms with Crippen molar-refractivity contribution in [3.05, 3.63) is 36.0 Å². The molecule has 0 amide bonds. The molecule has 1 aliphatic rings. The van der Waals surface area contributed by atoms with Crippen molar-refractivity contribution in [2.24, 2.45) is 0 Å². The van der Waals surface area contributed by atoms with Crippen molar-refractivity contribution in [3.63, 3.8) is 0 Å². The largest absolute Gasteiger partial charge is 0.477 e. The summed E-state index contributed by atoms with van der Waals surface area (Å²) in [5.41, 5.74) is 1.80. The van der Waals surface area contributed by atoms with Gasteiger partial charge in [0, 0.05) is 37.3 Å². The van der Waals surface area contributed by atoms with Crippen LogP contribution in [-0.4, -0.2) is 42.2 Å². The van der Waals surface area contributed by atoms with E-state index in [-0.39, 0.29) is 5.69 Å². The molecule has 0 spiro atoms. The molecule has 1 aromatic heterocycles. The van der Waals surface area contributed by atoms with E-state index in [1.54, 1.807) is 6.07 Å². The number of hydrogen-bond acceptors (Lipinski definition) is 4. The van der Waals surface area contributed by atoms with Gasteiger partial charge in [-0.05, 0) is 12.1 Å². The monoisotopic (exact) mass is 257 g/mol. The molecule has 1 aliphatic heterocycles. The third-order valence-corrected chi connectivity index (χ3v) is 3.37. The van der Waals surface area contributed by atoms with Crippen LogP contribution < -0.4 is 10.2 Å². The Balaban J connectivity index is 2.16. The predicted octanol–water partition coefficient (Wildman–Crippen LogP) is 1.34. The van der Waals surface area contributed by atoms with Crippen LogP contribution in [0, 0.1) is 0 Å². The molecule has 3 rings (SSSR count). The zero-order valence-electron chi connectivity index (χ0n) is 10.5. The predicted molar refractivity (Wildman–Crippen MR) is 73.8 cm³/mol. The number of aromatic carboxylic acids is 1. The molecular weight excluding hydrogens is 242 g/mol. The fraction of sp³-hybridized carbons (Fsp3) is 0.286. The molecule has 0 radical (unpaired) electrons. The normalized spacial score (nSPS) is 15.7. The summed E-state index contributed by atoms with van der Waals surface area (Å²) in [5.74, 6) is -0.984. The van der Waals surface area contributed by atoms with Gasteiger partial charge in [-0.15, -0.1) is 0 Å². The Hall–Kier alpha value is -2.14. The van der Waals surface area contributed by atoms with Gasteiger partial charge in [0.15, 0.2) is 5.69 Å². The lowest BCUT2D eigenvalue weighted by Crippen LogP contribution is -2.43. The fourth-order valence-corrected chi connectivity index (χ4v) is 2.43. The topological polar surface area (TPSA) is 65.5 Å². The molecule has 2 heterocycles. The summed E-state index contributed by atoms with van der Waals surface area (Å²) in [7, 11) is 0. The Labute approximate surface area is 110 Å². The zero-order valence-corrected chi connectivity index (χ0v) is 10.5. The van der Waals surface area contributed by atoms with E-state index < -0.39 is 5.97 Å². The maximum atomic E-state index is 11.2. The molecule has 2 aromatic rings. The average molecular weight is 257 g/mol. The lowest BCUT2D eigenvalue weighted by Gasteiger charge is -2.30. The van der Waals surface area contributed by atoms with Crippen molar-refractivity contribution in [1.29, 1.82) is 0 Å². The van der Waals surface area contributed by atoms with Crippen LogP contribution in [0.4, 0.5) is 5.69 Å². The quantitative estimate of drug-likeness (QED) is 0.850. The zero-order chi connectivity index (χ0) is 13.2. The minimum atomic E-state index is -0.984. The molecule has 5 heteroatoms. The number of aromatic nitrogens is 1. The summed E-state index contributed by atoms with van der Waals surface area (Å²) in [6, 6.07) is 9.35. The van der Waals surface area contributed by atoms with Gasteiger partial charge in [0.25, 0.3) is 0 Å². The first-order valence-electron chi connectivity index (χ1n) is 6.34. The van der Waals surface area contributed by atoms with Gasteiger partial charge in [0.1, 0.15) is 0 Å². The van der Waals surface area contributed by atoms with E-state index >= 15 is 0 Å². The van der Waals surface area contributed by atoms with Crippen molar-refractivity contribution in [2.45, 2.75) is 0 Å². The maximum absolute atomic E-state index is 11.2.